The summed E-state index contributed by atoms with van der Waals surface area (Å²) in [5.74, 6) is 1.65. The van der Waals surface area contributed by atoms with Gasteiger partial charge in [0.25, 0.3) is 0 Å². The van der Waals surface area contributed by atoms with E-state index in [0.29, 0.717) is 17.6 Å². The van der Waals surface area contributed by atoms with E-state index in [9.17, 15) is 0 Å². The number of hydrogen-bond acceptors (Lipinski definition) is 4. The molecular formula is C55H32N4O. The third kappa shape index (κ3) is 4.96. The van der Waals surface area contributed by atoms with E-state index in [0.717, 1.165) is 98.3 Å². The Bertz CT molecular complexity index is 3900. The first-order valence-corrected chi connectivity index (χ1v) is 20.3. The SMILES string of the molecule is c1ccc(-c2cc3ccccc3cc2-c2nc(-c3cccc4c3oc3cc5ccccc5cc34)nc(-n3c4cc5ccccc5cc4c4ccc5ccccc5c43)n2)cc1. The van der Waals surface area contributed by atoms with Crippen molar-refractivity contribution in [2.75, 3.05) is 0 Å². The number of nitrogens with zero attached hydrogens (tertiary/aromatic N) is 4. The Kier molecular flexibility index (Phi) is 6.95. The van der Waals surface area contributed by atoms with Crippen LogP contribution < -0.4 is 0 Å². The van der Waals surface area contributed by atoms with E-state index in [2.05, 4.69) is 199 Å². The zero-order valence-electron chi connectivity index (χ0n) is 32.2. The van der Waals surface area contributed by atoms with Crippen LogP contribution in [0.3, 0.4) is 0 Å². The highest BCUT2D eigenvalue weighted by Crippen LogP contribution is 2.42. The van der Waals surface area contributed by atoms with Crippen LogP contribution in [0.2, 0.25) is 0 Å². The van der Waals surface area contributed by atoms with Crippen LogP contribution in [0.25, 0.3) is 127 Å². The molecule has 0 aliphatic carbocycles. The van der Waals surface area contributed by atoms with Crippen LogP contribution in [0.5, 0.6) is 0 Å². The molecule has 0 saturated carbocycles. The lowest BCUT2D eigenvalue weighted by Gasteiger charge is -2.15. The molecule has 0 radical (unpaired) electrons. The minimum Gasteiger partial charge on any atom is -0.455 e. The number of aromatic nitrogens is 4. The number of benzene rings is 10. The predicted octanol–water partition coefficient (Wildman–Crippen LogP) is 14.5. The second-order valence-electron chi connectivity index (χ2n) is 15.6. The molecule has 3 aromatic heterocycles. The van der Waals surface area contributed by atoms with Crippen molar-refractivity contribution in [2.45, 2.75) is 0 Å². The molecule has 0 fully saturated rings. The van der Waals surface area contributed by atoms with E-state index in [1.807, 2.05) is 0 Å². The van der Waals surface area contributed by atoms with Crippen molar-refractivity contribution in [1.82, 2.24) is 19.5 Å². The Hall–Kier alpha value is -8.15. The first kappa shape index (κ1) is 32.9. The number of furan rings is 1. The maximum Gasteiger partial charge on any atom is 0.238 e. The fourth-order valence-corrected chi connectivity index (χ4v) is 9.32. The van der Waals surface area contributed by atoms with Crippen molar-refractivity contribution in [3.05, 3.63) is 194 Å². The first-order valence-electron chi connectivity index (χ1n) is 20.3. The van der Waals surface area contributed by atoms with Crippen LogP contribution >= 0.6 is 0 Å². The molecular weight excluding hydrogens is 733 g/mol. The van der Waals surface area contributed by atoms with Gasteiger partial charge in [-0.15, -0.1) is 0 Å². The Morgan fingerprint density at radius 1 is 0.350 bits per heavy atom. The molecule has 5 nitrogen and oxygen atoms in total. The fourth-order valence-electron chi connectivity index (χ4n) is 9.32. The number of para-hydroxylation sites is 1. The molecule has 0 saturated heterocycles. The average Bonchev–Trinajstić information content (AvgIpc) is 3.84. The molecule has 13 rings (SSSR count). The van der Waals surface area contributed by atoms with Gasteiger partial charge in [0, 0.05) is 32.5 Å². The molecule has 0 atom stereocenters. The third-order valence-corrected chi connectivity index (χ3v) is 12.2. The van der Waals surface area contributed by atoms with Gasteiger partial charge in [-0.1, -0.05) is 152 Å². The van der Waals surface area contributed by atoms with Crippen molar-refractivity contribution in [3.8, 4) is 39.9 Å². The van der Waals surface area contributed by atoms with Crippen LogP contribution in [-0.2, 0) is 0 Å². The summed E-state index contributed by atoms with van der Waals surface area (Å²) in [6.45, 7) is 0. The zero-order chi connectivity index (χ0) is 39.3. The molecule has 13 aromatic rings. The summed E-state index contributed by atoms with van der Waals surface area (Å²) in [7, 11) is 0. The highest BCUT2D eigenvalue weighted by Gasteiger charge is 2.23. The van der Waals surface area contributed by atoms with Crippen molar-refractivity contribution in [3.63, 3.8) is 0 Å². The lowest BCUT2D eigenvalue weighted by molar-refractivity contribution is 0.670. The molecule has 0 unspecified atom stereocenters. The lowest BCUT2D eigenvalue weighted by atomic mass is 9.95. The van der Waals surface area contributed by atoms with Crippen molar-refractivity contribution >= 4 is 86.8 Å². The van der Waals surface area contributed by atoms with Crippen molar-refractivity contribution in [1.29, 1.82) is 0 Å². The predicted molar refractivity (Wildman–Crippen MR) is 248 cm³/mol. The zero-order valence-corrected chi connectivity index (χ0v) is 32.2. The maximum absolute atomic E-state index is 6.81. The number of rotatable bonds is 4. The molecule has 0 amide bonds. The van der Waals surface area contributed by atoms with E-state index >= 15 is 0 Å². The quantitative estimate of drug-likeness (QED) is 0.179. The molecule has 3 heterocycles. The molecule has 278 valence electrons. The van der Waals surface area contributed by atoms with E-state index in [4.69, 9.17) is 19.4 Å². The van der Waals surface area contributed by atoms with Crippen molar-refractivity contribution < 1.29 is 4.42 Å². The Morgan fingerprint density at radius 2 is 0.917 bits per heavy atom. The van der Waals surface area contributed by atoms with E-state index in [1.54, 1.807) is 0 Å². The van der Waals surface area contributed by atoms with E-state index in [-0.39, 0.29) is 0 Å². The van der Waals surface area contributed by atoms with Gasteiger partial charge in [-0.2, -0.15) is 9.97 Å². The number of hydrogen-bond donors (Lipinski definition) is 0. The van der Waals surface area contributed by atoms with E-state index in [1.165, 1.54) is 10.8 Å². The Morgan fingerprint density at radius 3 is 1.65 bits per heavy atom. The maximum atomic E-state index is 6.81. The molecule has 0 aliphatic heterocycles. The minimum atomic E-state index is 0.535. The van der Waals surface area contributed by atoms with Gasteiger partial charge in [-0.3, -0.25) is 4.57 Å². The van der Waals surface area contributed by atoms with Crippen molar-refractivity contribution in [2.24, 2.45) is 0 Å². The molecule has 5 heteroatoms. The van der Waals surface area contributed by atoms with Crippen LogP contribution in [0.4, 0.5) is 0 Å². The summed E-state index contributed by atoms with van der Waals surface area (Å²) in [6.07, 6.45) is 0. The average molecular weight is 765 g/mol. The van der Waals surface area contributed by atoms with Crippen LogP contribution in [0.1, 0.15) is 0 Å². The second kappa shape index (κ2) is 12.7. The highest BCUT2D eigenvalue weighted by atomic mass is 16.3. The van der Waals surface area contributed by atoms with Gasteiger partial charge in [-0.25, -0.2) is 4.98 Å². The standard InChI is InChI=1S/C55H32N4O/c1-2-13-33(14-3-1)45-27-35-16-4-5-19-38(35)30-48(45)54-56-53(44-24-12-23-43-47-29-37-18-7-9-21-40(37)32-50(47)60-52(43)44)57-55(58-54)59-49-31-39-20-8-6-17-36(39)28-46(49)42-26-25-34-15-10-11-22-41(34)51(42)59/h1-32H. The molecule has 10 aromatic carbocycles. The minimum absolute atomic E-state index is 0.535. The summed E-state index contributed by atoms with van der Waals surface area (Å²) in [4.78, 5) is 16.4. The molecule has 60 heavy (non-hydrogen) atoms. The largest absolute Gasteiger partial charge is 0.455 e. The normalized spacial score (nSPS) is 12.0. The summed E-state index contributed by atoms with van der Waals surface area (Å²) in [6, 6.07) is 68.7. The summed E-state index contributed by atoms with van der Waals surface area (Å²) in [5, 5.41) is 13.5. The first-order chi connectivity index (χ1) is 29.7. The summed E-state index contributed by atoms with van der Waals surface area (Å²) in [5.41, 5.74) is 7.50. The second-order valence-corrected chi connectivity index (χ2v) is 15.6. The topological polar surface area (TPSA) is 56.7 Å². The van der Waals surface area contributed by atoms with Gasteiger partial charge in [0.15, 0.2) is 11.6 Å². The summed E-state index contributed by atoms with van der Waals surface area (Å²) >= 11 is 0. The molecule has 0 spiro atoms. The van der Waals surface area contributed by atoms with Gasteiger partial charge in [0.05, 0.1) is 16.6 Å². The van der Waals surface area contributed by atoms with Crippen LogP contribution in [-0.4, -0.2) is 19.5 Å². The fraction of sp³-hybridized carbons (Fsp3) is 0. The third-order valence-electron chi connectivity index (χ3n) is 12.2. The number of fused-ring (bicyclic) bond motifs is 11. The van der Waals surface area contributed by atoms with E-state index < -0.39 is 0 Å². The summed E-state index contributed by atoms with van der Waals surface area (Å²) < 4.78 is 9.06. The molecule has 0 N–H and O–H groups in total. The Labute approximate surface area is 343 Å². The Balaban J connectivity index is 1.17. The molecule has 0 aliphatic rings. The molecule has 0 bridgehead atoms. The van der Waals surface area contributed by atoms with Gasteiger partial charge in [0.1, 0.15) is 11.2 Å². The lowest BCUT2D eigenvalue weighted by Crippen LogP contribution is -2.07. The van der Waals surface area contributed by atoms with Gasteiger partial charge in [0.2, 0.25) is 5.95 Å². The van der Waals surface area contributed by atoms with Gasteiger partial charge in [-0.05, 0) is 91.3 Å². The van der Waals surface area contributed by atoms with Crippen LogP contribution in [0.15, 0.2) is 199 Å². The smallest absolute Gasteiger partial charge is 0.238 e. The van der Waals surface area contributed by atoms with Crippen LogP contribution in [0, 0.1) is 0 Å². The van der Waals surface area contributed by atoms with Gasteiger partial charge < -0.3 is 4.42 Å². The van der Waals surface area contributed by atoms with Gasteiger partial charge >= 0.3 is 0 Å². The highest BCUT2D eigenvalue weighted by molar-refractivity contribution is 6.20. The monoisotopic (exact) mass is 764 g/mol.